The van der Waals surface area contributed by atoms with Crippen LogP contribution in [-0.4, -0.2) is 18.3 Å². The van der Waals surface area contributed by atoms with E-state index < -0.39 is 30.1 Å². The molecule has 1 fully saturated rings. The first-order valence-corrected chi connectivity index (χ1v) is 8.80. The van der Waals surface area contributed by atoms with Crippen LogP contribution in [0.1, 0.15) is 44.4 Å². The maximum absolute atomic E-state index is 12.9. The third kappa shape index (κ3) is 4.12. The van der Waals surface area contributed by atoms with E-state index in [0.717, 1.165) is 23.3 Å². The molecule has 0 radical (unpaired) electrons. The zero-order chi connectivity index (χ0) is 19.9. The molecule has 27 heavy (non-hydrogen) atoms. The van der Waals surface area contributed by atoms with Crippen LogP contribution in [0.15, 0.2) is 60.6 Å². The topological polar surface area (TPSA) is 18.5 Å². The van der Waals surface area contributed by atoms with Gasteiger partial charge in [0, 0.05) is 0 Å². The van der Waals surface area contributed by atoms with Crippen molar-refractivity contribution in [3.8, 4) is 0 Å². The lowest BCUT2D eigenvalue weighted by Gasteiger charge is -2.32. The molecule has 1 saturated heterocycles. The van der Waals surface area contributed by atoms with Crippen molar-refractivity contribution in [2.75, 3.05) is 0 Å². The average Bonchev–Trinajstić information content (AvgIpc) is 2.80. The van der Waals surface area contributed by atoms with Crippen molar-refractivity contribution in [1.82, 2.24) is 0 Å². The molecule has 0 atom stereocenters. The van der Waals surface area contributed by atoms with Gasteiger partial charge in [0.05, 0.1) is 16.8 Å². The van der Waals surface area contributed by atoms with Gasteiger partial charge >= 0.3 is 13.3 Å². The van der Waals surface area contributed by atoms with Crippen LogP contribution in [0.25, 0.3) is 5.57 Å². The molecule has 1 aliphatic rings. The second kappa shape index (κ2) is 6.84. The summed E-state index contributed by atoms with van der Waals surface area (Å²) in [5.41, 5.74) is 0.666. The highest BCUT2D eigenvalue weighted by Crippen LogP contribution is 2.38. The fourth-order valence-electron chi connectivity index (χ4n) is 2.91. The number of halogens is 3. The van der Waals surface area contributed by atoms with Gasteiger partial charge in [-0.3, -0.25) is 0 Å². The second-order valence-electron chi connectivity index (χ2n) is 7.65. The van der Waals surface area contributed by atoms with Crippen LogP contribution < -0.4 is 0 Å². The van der Waals surface area contributed by atoms with Crippen molar-refractivity contribution < 1.29 is 22.5 Å². The van der Waals surface area contributed by atoms with E-state index >= 15 is 0 Å². The smallest absolute Gasteiger partial charge is 0.400 e. The molecule has 0 spiro atoms. The van der Waals surface area contributed by atoms with Crippen LogP contribution in [0.4, 0.5) is 13.2 Å². The van der Waals surface area contributed by atoms with Gasteiger partial charge in [-0.25, -0.2) is 0 Å². The third-order valence-corrected chi connectivity index (χ3v) is 5.18. The first kappa shape index (κ1) is 19.7. The van der Waals surface area contributed by atoms with Crippen LogP contribution in [0.3, 0.4) is 0 Å². The monoisotopic (exact) mass is 374 g/mol. The van der Waals surface area contributed by atoms with E-state index in [1.807, 2.05) is 64.0 Å². The molecule has 2 aromatic carbocycles. The van der Waals surface area contributed by atoms with Gasteiger partial charge in [0.25, 0.3) is 0 Å². The highest BCUT2D eigenvalue weighted by atomic mass is 19.4. The second-order valence-corrected chi connectivity index (χ2v) is 7.65. The molecule has 142 valence electrons. The fourth-order valence-corrected chi connectivity index (χ4v) is 2.91. The van der Waals surface area contributed by atoms with Gasteiger partial charge in [0.1, 0.15) is 0 Å². The normalized spacial score (nSPS) is 19.4. The van der Waals surface area contributed by atoms with Crippen LogP contribution in [0.2, 0.25) is 0 Å². The summed E-state index contributed by atoms with van der Waals surface area (Å²) in [6.45, 7) is 7.84. The lowest BCUT2D eigenvalue weighted by molar-refractivity contribution is -0.137. The predicted octanol–water partition coefficient (Wildman–Crippen LogP) is 5.77. The van der Waals surface area contributed by atoms with Gasteiger partial charge in [-0.05, 0) is 62.5 Å². The van der Waals surface area contributed by atoms with Crippen molar-refractivity contribution in [2.45, 2.75) is 45.1 Å². The fraction of sp³-hybridized carbons (Fsp3) is 0.333. The minimum atomic E-state index is -4.36. The van der Waals surface area contributed by atoms with Gasteiger partial charge in [-0.2, -0.15) is 13.2 Å². The highest BCUT2D eigenvalue weighted by molar-refractivity contribution is 6.53. The Morgan fingerprint density at radius 2 is 1.30 bits per heavy atom. The van der Waals surface area contributed by atoms with Crippen molar-refractivity contribution >= 4 is 12.7 Å². The quantitative estimate of drug-likeness (QED) is 0.635. The van der Waals surface area contributed by atoms with E-state index in [4.69, 9.17) is 9.31 Å². The summed E-state index contributed by atoms with van der Waals surface area (Å²) in [6.07, 6.45) is -4.36. The van der Waals surface area contributed by atoms with Crippen molar-refractivity contribution in [3.05, 3.63) is 77.3 Å². The van der Waals surface area contributed by atoms with E-state index in [9.17, 15) is 13.2 Å². The highest BCUT2D eigenvalue weighted by Gasteiger charge is 2.50. The Balaban J connectivity index is 2.01. The Bertz CT molecular complexity index is 809. The summed E-state index contributed by atoms with van der Waals surface area (Å²) in [7, 11) is -0.590. The zero-order valence-electron chi connectivity index (χ0n) is 15.8. The number of hydrogen-bond donors (Lipinski definition) is 0. The summed E-state index contributed by atoms with van der Waals surface area (Å²) >= 11 is 0. The van der Waals surface area contributed by atoms with Crippen molar-refractivity contribution in [1.29, 1.82) is 0 Å². The average molecular weight is 374 g/mol. The lowest BCUT2D eigenvalue weighted by atomic mass is 9.82. The molecule has 0 aromatic heterocycles. The minimum Gasteiger partial charge on any atom is -0.400 e. The summed E-state index contributed by atoms with van der Waals surface area (Å²) in [6, 6.07) is 14.6. The molecule has 3 rings (SSSR count). The summed E-state index contributed by atoms with van der Waals surface area (Å²) < 4.78 is 50.7. The van der Waals surface area contributed by atoms with Crippen LogP contribution in [-0.2, 0) is 15.5 Å². The molecule has 6 heteroatoms. The SMILES string of the molecule is CC1(C)OB(/C=C(\c2ccccc2)c2ccc(C(F)(F)F)cc2)OC1(C)C. The van der Waals surface area contributed by atoms with E-state index in [-0.39, 0.29) is 0 Å². The number of alkyl halides is 3. The van der Waals surface area contributed by atoms with E-state index in [0.29, 0.717) is 5.56 Å². The van der Waals surface area contributed by atoms with Crippen LogP contribution >= 0.6 is 0 Å². The number of hydrogen-bond acceptors (Lipinski definition) is 2. The largest absolute Gasteiger partial charge is 0.487 e. The number of rotatable bonds is 3. The predicted molar refractivity (Wildman–Crippen MR) is 101 cm³/mol. The minimum absolute atomic E-state index is 0.490. The summed E-state index contributed by atoms with van der Waals surface area (Å²) in [4.78, 5) is 0. The first-order valence-electron chi connectivity index (χ1n) is 8.80. The molecule has 0 amide bonds. The molecule has 0 N–H and O–H groups in total. The Morgan fingerprint density at radius 1 is 0.815 bits per heavy atom. The van der Waals surface area contributed by atoms with Gasteiger partial charge in [-0.15, -0.1) is 0 Å². The van der Waals surface area contributed by atoms with Crippen LogP contribution in [0.5, 0.6) is 0 Å². The van der Waals surface area contributed by atoms with Crippen molar-refractivity contribution in [2.24, 2.45) is 0 Å². The molecular formula is C21H22BF3O2. The maximum Gasteiger partial charge on any atom is 0.487 e. The maximum atomic E-state index is 12.9. The Hall–Kier alpha value is -2.05. The Labute approximate surface area is 158 Å². The standard InChI is InChI=1S/C21H22BF3O2/c1-19(2)20(3,4)27-22(26-19)14-18(15-8-6-5-7-9-15)16-10-12-17(13-11-16)21(23,24)25/h5-14H,1-4H3/b18-14+. The van der Waals surface area contributed by atoms with Gasteiger partial charge < -0.3 is 9.31 Å². The Kier molecular flexibility index (Phi) is 4.99. The van der Waals surface area contributed by atoms with Gasteiger partial charge in [0.15, 0.2) is 0 Å². The third-order valence-electron chi connectivity index (χ3n) is 5.18. The molecule has 2 aromatic rings. The lowest BCUT2D eigenvalue weighted by Crippen LogP contribution is -2.41. The first-order chi connectivity index (χ1) is 12.5. The van der Waals surface area contributed by atoms with Gasteiger partial charge in [-0.1, -0.05) is 42.5 Å². The molecule has 0 saturated carbocycles. The molecule has 1 aliphatic heterocycles. The summed E-state index contributed by atoms with van der Waals surface area (Å²) in [5.74, 6) is 1.83. The van der Waals surface area contributed by atoms with Crippen molar-refractivity contribution in [3.63, 3.8) is 0 Å². The van der Waals surface area contributed by atoms with Crippen LogP contribution in [0, 0.1) is 0 Å². The van der Waals surface area contributed by atoms with E-state index in [1.165, 1.54) is 12.1 Å². The van der Waals surface area contributed by atoms with E-state index in [2.05, 4.69) is 0 Å². The molecule has 0 bridgehead atoms. The molecule has 1 heterocycles. The molecule has 0 unspecified atom stereocenters. The molecular weight excluding hydrogens is 352 g/mol. The molecule has 2 nitrogen and oxygen atoms in total. The van der Waals surface area contributed by atoms with E-state index in [1.54, 1.807) is 0 Å². The summed E-state index contributed by atoms with van der Waals surface area (Å²) in [5, 5.41) is 0. The van der Waals surface area contributed by atoms with Gasteiger partial charge in [0.2, 0.25) is 0 Å². The molecule has 0 aliphatic carbocycles. The number of benzene rings is 2. The Morgan fingerprint density at radius 3 is 1.78 bits per heavy atom. The zero-order valence-corrected chi connectivity index (χ0v) is 15.8.